The van der Waals surface area contributed by atoms with E-state index in [1.807, 2.05) is 19.2 Å². The average Bonchev–Trinajstić information content (AvgIpc) is 2.43. The lowest BCUT2D eigenvalue weighted by Crippen LogP contribution is -2.32. The molecule has 2 atom stereocenters. The Bertz CT molecular complexity index is 403. The molecule has 2 N–H and O–H groups in total. The van der Waals surface area contributed by atoms with Crippen LogP contribution in [0.15, 0.2) is 18.2 Å². The van der Waals surface area contributed by atoms with Gasteiger partial charge in [-0.1, -0.05) is 29.3 Å². The van der Waals surface area contributed by atoms with E-state index in [1.165, 1.54) is 31.4 Å². The van der Waals surface area contributed by atoms with Crippen LogP contribution in [-0.4, -0.2) is 26.7 Å². The van der Waals surface area contributed by atoms with Crippen molar-refractivity contribution in [3.05, 3.63) is 33.8 Å². The van der Waals surface area contributed by atoms with Crippen LogP contribution in [0.5, 0.6) is 0 Å². The number of nitrogens with one attached hydrogen (secondary N) is 2. The van der Waals surface area contributed by atoms with E-state index in [4.69, 9.17) is 23.2 Å². The van der Waals surface area contributed by atoms with Gasteiger partial charge in [0.05, 0.1) is 10.0 Å². The van der Waals surface area contributed by atoms with Crippen molar-refractivity contribution < 1.29 is 0 Å². The molecular formula is C15H22Cl2N2. The summed E-state index contributed by atoms with van der Waals surface area (Å²) in [5.41, 5.74) is 1.29. The average molecular weight is 301 g/mol. The monoisotopic (exact) mass is 300 g/mol. The molecular weight excluding hydrogens is 279 g/mol. The van der Waals surface area contributed by atoms with Gasteiger partial charge in [-0.3, -0.25) is 0 Å². The molecule has 0 aromatic heterocycles. The van der Waals surface area contributed by atoms with Gasteiger partial charge in [0.15, 0.2) is 0 Å². The Morgan fingerprint density at radius 2 is 2.21 bits per heavy atom. The Labute approximate surface area is 125 Å². The van der Waals surface area contributed by atoms with E-state index in [1.54, 1.807) is 0 Å². The maximum Gasteiger partial charge on any atom is 0.0595 e. The molecule has 1 saturated heterocycles. The largest absolute Gasteiger partial charge is 0.319 e. The summed E-state index contributed by atoms with van der Waals surface area (Å²) >= 11 is 12.1. The lowest BCUT2D eigenvalue weighted by Gasteiger charge is -2.27. The van der Waals surface area contributed by atoms with E-state index in [-0.39, 0.29) is 0 Å². The lowest BCUT2D eigenvalue weighted by atomic mass is 9.85. The summed E-state index contributed by atoms with van der Waals surface area (Å²) in [6.45, 7) is 3.29. The van der Waals surface area contributed by atoms with Crippen LogP contribution in [0.3, 0.4) is 0 Å². The van der Waals surface area contributed by atoms with Gasteiger partial charge in [-0.15, -0.1) is 0 Å². The number of hydrogen-bond acceptors (Lipinski definition) is 2. The molecule has 0 aliphatic carbocycles. The van der Waals surface area contributed by atoms with Crippen molar-refractivity contribution in [1.82, 2.24) is 10.6 Å². The lowest BCUT2D eigenvalue weighted by molar-refractivity contribution is 0.332. The van der Waals surface area contributed by atoms with Crippen molar-refractivity contribution in [2.75, 3.05) is 26.7 Å². The van der Waals surface area contributed by atoms with Crippen LogP contribution < -0.4 is 10.6 Å². The zero-order valence-electron chi connectivity index (χ0n) is 11.4. The van der Waals surface area contributed by atoms with Crippen molar-refractivity contribution in [3.63, 3.8) is 0 Å². The van der Waals surface area contributed by atoms with E-state index in [0.29, 0.717) is 16.0 Å². The molecule has 1 aromatic carbocycles. The molecule has 0 saturated carbocycles. The zero-order valence-corrected chi connectivity index (χ0v) is 12.9. The number of benzene rings is 1. The summed E-state index contributed by atoms with van der Waals surface area (Å²) in [7, 11) is 2.00. The van der Waals surface area contributed by atoms with Gasteiger partial charge < -0.3 is 10.6 Å². The zero-order chi connectivity index (χ0) is 13.7. The molecule has 0 amide bonds. The third-order valence-corrected chi connectivity index (χ3v) is 4.62. The molecule has 1 aliphatic rings. The fraction of sp³-hybridized carbons (Fsp3) is 0.600. The van der Waals surface area contributed by atoms with Gasteiger partial charge in [-0.25, -0.2) is 0 Å². The molecule has 1 aliphatic heterocycles. The molecule has 106 valence electrons. The predicted octanol–water partition coefficient (Wildman–Crippen LogP) is 3.69. The fourth-order valence-corrected chi connectivity index (χ4v) is 3.18. The molecule has 2 nitrogen and oxygen atoms in total. The third-order valence-electron chi connectivity index (χ3n) is 3.88. The number of hydrogen-bond donors (Lipinski definition) is 2. The summed E-state index contributed by atoms with van der Waals surface area (Å²) in [5.74, 6) is 1.27. The van der Waals surface area contributed by atoms with Crippen LogP contribution in [0.4, 0.5) is 0 Å². The van der Waals surface area contributed by atoms with Gasteiger partial charge in [0.2, 0.25) is 0 Å². The first-order chi connectivity index (χ1) is 9.20. The van der Waals surface area contributed by atoms with Crippen molar-refractivity contribution in [3.8, 4) is 0 Å². The molecule has 1 heterocycles. The Balaban J connectivity index is 2.07. The fourth-order valence-electron chi connectivity index (χ4n) is 2.88. The van der Waals surface area contributed by atoms with Crippen LogP contribution in [0.2, 0.25) is 10.0 Å². The topological polar surface area (TPSA) is 24.1 Å². The van der Waals surface area contributed by atoms with Gasteiger partial charge in [-0.05, 0) is 68.9 Å². The van der Waals surface area contributed by atoms with Gasteiger partial charge in [0, 0.05) is 6.54 Å². The quantitative estimate of drug-likeness (QED) is 0.867. The van der Waals surface area contributed by atoms with Crippen LogP contribution in [0.25, 0.3) is 0 Å². The standard InChI is InChI=1S/C15H22Cl2N2/c1-18-10-13(7-11-3-2-6-19-9-11)12-4-5-14(16)15(17)8-12/h4-5,8,11,13,18-19H,2-3,6-7,9-10H2,1H3/t11?,13-/m1/s1. The van der Waals surface area contributed by atoms with E-state index >= 15 is 0 Å². The first-order valence-electron chi connectivity index (χ1n) is 7.01. The Morgan fingerprint density at radius 1 is 1.37 bits per heavy atom. The smallest absolute Gasteiger partial charge is 0.0595 e. The van der Waals surface area contributed by atoms with Crippen molar-refractivity contribution in [1.29, 1.82) is 0 Å². The predicted molar refractivity (Wildman–Crippen MR) is 83.3 cm³/mol. The van der Waals surface area contributed by atoms with E-state index in [2.05, 4.69) is 16.7 Å². The van der Waals surface area contributed by atoms with Gasteiger partial charge >= 0.3 is 0 Å². The van der Waals surface area contributed by atoms with Gasteiger partial charge in [-0.2, -0.15) is 0 Å². The molecule has 1 aromatic rings. The van der Waals surface area contributed by atoms with Crippen LogP contribution in [-0.2, 0) is 0 Å². The highest BCUT2D eigenvalue weighted by Crippen LogP contribution is 2.31. The second-order valence-corrected chi connectivity index (χ2v) is 6.19. The summed E-state index contributed by atoms with van der Waals surface area (Å²) in [6, 6.07) is 6.02. The first kappa shape index (κ1) is 15.1. The molecule has 1 fully saturated rings. The minimum atomic E-state index is 0.504. The Kier molecular flexibility index (Phi) is 5.96. The highest BCUT2D eigenvalue weighted by molar-refractivity contribution is 6.42. The molecule has 2 rings (SSSR count). The van der Waals surface area contributed by atoms with E-state index in [0.717, 1.165) is 19.0 Å². The highest BCUT2D eigenvalue weighted by atomic mass is 35.5. The molecule has 1 unspecified atom stereocenters. The summed E-state index contributed by atoms with van der Waals surface area (Å²) in [6.07, 6.45) is 3.82. The minimum Gasteiger partial charge on any atom is -0.319 e. The number of halogens is 2. The highest BCUT2D eigenvalue weighted by Gasteiger charge is 2.20. The SMILES string of the molecule is CNC[C@@H](CC1CCCNC1)c1ccc(Cl)c(Cl)c1. The summed E-state index contributed by atoms with van der Waals surface area (Å²) in [5, 5.41) is 8.07. The van der Waals surface area contributed by atoms with Crippen molar-refractivity contribution in [2.24, 2.45) is 5.92 Å². The van der Waals surface area contributed by atoms with Crippen molar-refractivity contribution >= 4 is 23.2 Å². The van der Waals surface area contributed by atoms with Crippen LogP contribution in [0, 0.1) is 5.92 Å². The van der Waals surface area contributed by atoms with Gasteiger partial charge in [0.25, 0.3) is 0 Å². The molecule has 19 heavy (non-hydrogen) atoms. The molecule has 4 heteroatoms. The first-order valence-corrected chi connectivity index (χ1v) is 7.76. The molecule has 0 spiro atoms. The third kappa shape index (κ3) is 4.35. The molecule has 0 radical (unpaired) electrons. The Morgan fingerprint density at radius 3 is 2.84 bits per heavy atom. The number of piperidine rings is 1. The summed E-state index contributed by atoms with van der Waals surface area (Å²) < 4.78 is 0. The maximum absolute atomic E-state index is 6.14. The van der Waals surface area contributed by atoms with Crippen molar-refractivity contribution in [2.45, 2.75) is 25.2 Å². The molecule has 0 bridgehead atoms. The number of likely N-dealkylation sites (N-methyl/N-ethyl adjacent to an activating group) is 1. The van der Waals surface area contributed by atoms with E-state index in [9.17, 15) is 0 Å². The number of rotatable bonds is 5. The minimum absolute atomic E-state index is 0.504. The summed E-state index contributed by atoms with van der Waals surface area (Å²) in [4.78, 5) is 0. The van der Waals surface area contributed by atoms with Crippen LogP contribution in [0.1, 0.15) is 30.7 Å². The second kappa shape index (κ2) is 7.49. The van der Waals surface area contributed by atoms with E-state index < -0.39 is 0 Å². The van der Waals surface area contributed by atoms with Gasteiger partial charge in [0.1, 0.15) is 0 Å². The normalized spacial score (nSPS) is 21.3. The van der Waals surface area contributed by atoms with Crippen LogP contribution >= 0.6 is 23.2 Å². The Hall–Kier alpha value is -0.280. The maximum atomic E-state index is 6.14. The second-order valence-electron chi connectivity index (χ2n) is 5.38.